The lowest BCUT2D eigenvalue weighted by Crippen LogP contribution is -2.02. The molecular weight excluding hydrogens is 331 g/mol. The number of hydrogen-bond donors (Lipinski definition) is 1. The van der Waals surface area contributed by atoms with Gasteiger partial charge < -0.3 is 9.67 Å². The molecule has 2 heterocycles. The van der Waals surface area contributed by atoms with E-state index in [0.717, 1.165) is 16.2 Å². The molecule has 0 atom stereocenters. The summed E-state index contributed by atoms with van der Waals surface area (Å²) in [4.78, 5) is 16.6. The van der Waals surface area contributed by atoms with E-state index in [-0.39, 0.29) is 4.88 Å². The van der Waals surface area contributed by atoms with Crippen LogP contribution in [0.2, 0.25) is 10.0 Å². The van der Waals surface area contributed by atoms with Gasteiger partial charge in [0.1, 0.15) is 21.0 Å². The van der Waals surface area contributed by atoms with Gasteiger partial charge in [-0.1, -0.05) is 29.3 Å². The van der Waals surface area contributed by atoms with Crippen LogP contribution >= 0.6 is 34.5 Å². The van der Waals surface area contributed by atoms with Crippen LogP contribution in [0.25, 0.3) is 10.3 Å². The molecule has 3 aromatic rings. The van der Waals surface area contributed by atoms with Crippen LogP contribution in [-0.4, -0.2) is 20.6 Å². The molecule has 0 saturated carbocycles. The van der Waals surface area contributed by atoms with Crippen LogP contribution in [0, 0.1) is 6.92 Å². The quantitative estimate of drug-likeness (QED) is 0.765. The van der Waals surface area contributed by atoms with Crippen molar-refractivity contribution in [3.8, 4) is 0 Å². The molecule has 2 aromatic heterocycles. The van der Waals surface area contributed by atoms with E-state index in [9.17, 15) is 4.79 Å². The van der Waals surface area contributed by atoms with E-state index in [2.05, 4.69) is 4.98 Å². The number of carboxylic acid groups (broad SMARTS) is 1. The highest BCUT2D eigenvalue weighted by Crippen LogP contribution is 2.29. The van der Waals surface area contributed by atoms with Crippen LogP contribution in [0.3, 0.4) is 0 Å². The minimum atomic E-state index is -0.938. The molecule has 0 aliphatic rings. The van der Waals surface area contributed by atoms with Gasteiger partial charge in [0, 0.05) is 10.0 Å². The SMILES string of the molecule is Cc1nc2cc(C(=O)O)sc2n1Cc1ccc(Cl)cc1Cl. The number of nitrogens with zero attached hydrogens (tertiary/aromatic N) is 2. The molecule has 0 amide bonds. The first-order chi connectivity index (χ1) is 9.95. The zero-order valence-corrected chi connectivity index (χ0v) is 13.3. The van der Waals surface area contributed by atoms with Crippen LogP contribution in [0.1, 0.15) is 21.1 Å². The lowest BCUT2D eigenvalue weighted by molar-refractivity contribution is 0.0702. The minimum absolute atomic E-state index is 0.281. The van der Waals surface area contributed by atoms with Gasteiger partial charge in [-0.15, -0.1) is 11.3 Å². The molecule has 3 rings (SSSR count). The summed E-state index contributed by atoms with van der Waals surface area (Å²) in [5.41, 5.74) is 1.61. The molecule has 0 spiro atoms. The molecule has 0 aliphatic carbocycles. The van der Waals surface area contributed by atoms with Crippen molar-refractivity contribution in [2.24, 2.45) is 0 Å². The predicted octanol–water partition coefficient (Wildman–Crippen LogP) is 4.46. The third kappa shape index (κ3) is 2.64. The summed E-state index contributed by atoms with van der Waals surface area (Å²) in [5, 5.41) is 10.2. The van der Waals surface area contributed by atoms with Crippen LogP contribution < -0.4 is 0 Å². The van der Waals surface area contributed by atoms with Crippen molar-refractivity contribution in [1.82, 2.24) is 9.55 Å². The van der Waals surface area contributed by atoms with E-state index < -0.39 is 5.97 Å². The van der Waals surface area contributed by atoms with Gasteiger partial charge in [0.15, 0.2) is 0 Å². The summed E-state index contributed by atoms with van der Waals surface area (Å²) in [6, 6.07) is 6.93. The maximum Gasteiger partial charge on any atom is 0.346 e. The first-order valence-electron chi connectivity index (χ1n) is 6.09. The molecule has 0 fully saturated rings. The highest BCUT2D eigenvalue weighted by molar-refractivity contribution is 7.20. The van der Waals surface area contributed by atoms with Gasteiger partial charge in [-0.05, 0) is 30.7 Å². The second-order valence-corrected chi connectivity index (χ2v) is 6.46. The molecule has 21 heavy (non-hydrogen) atoms. The van der Waals surface area contributed by atoms with E-state index in [1.807, 2.05) is 17.6 Å². The fourth-order valence-corrected chi connectivity index (χ4v) is 3.59. The van der Waals surface area contributed by atoms with Crippen molar-refractivity contribution < 1.29 is 9.90 Å². The Morgan fingerprint density at radius 1 is 1.38 bits per heavy atom. The van der Waals surface area contributed by atoms with Gasteiger partial charge >= 0.3 is 5.97 Å². The third-order valence-electron chi connectivity index (χ3n) is 3.17. The zero-order valence-electron chi connectivity index (χ0n) is 10.9. The van der Waals surface area contributed by atoms with Gasteiger partial charge in [0.05, 0.1) is 6.54 Å². The topological polar surface area (TPSA) is 55.1 Å². The van der Waals surface area contributed by atoms with Crippen LogP contribution in [0.5, 0.6) is 0 Å². The normalized spacial score (nSPS) is 11.2. The molecule has 108 valence electrons. The van der Waals surface area contributed by atoms with Crippen molar-refractivity contribution in [2.75, 3.05) is 0 Å². The maximum atomic E-state index is 11.1. The number of thiophene rings is 1. The van der Waals surface area contributed by atoms with Gasteiger partial charge in [-0.3, -0.25) is 0 Å². The van der Waals surface area contributed by atoms with E-state index in [1.165, 1.54) is 11.3 Å². The van der Waals surface area contributed by atoms with Crippen LogP contribution in [0.15, 0.2) is 24.3 Å². The third-order valence-corrected chi connectivity index (χ3v) is 4.89. The Labute approximate surface area is 134 Å². The summed E-state index contributed by atoms with van der Waals surface area (Å²) in [5.74, 6) is -0.120. The molecule has 0 bridgehead atoms. The standard InChI is InChI=1S/C14H10Cl2N2O2S/c1-7-17-11-5-12(14(19)20)21-13(11)18(7)6-8-2-3-9(15)4-10(8)16/h2-5H,6H2,1H3,(H,19,20). The number of imidazole rings is 1. The Hall–Kier alpha value is -1.56. The van der Waals surface area contributed by atoms with E-state index in [1.54, 1.807) is 18.2 Å². The smallest absolute Gasteiger partial charge is 0.346 e. The summed E-state index contributed by atoms with van der Waals surface area (Å²) in [7, 11) is 0. The number of aryl methyl sites for hydroxylation is 1. The van der Waals surface area contributed by atoms with E-state index in [4.69, 9.17) is 28.3 Å². The average Bonchev–Trinajstić information content (AvgIpc) is 2.92. The lowest BCUT2D eigenvalue weighted by Gasteiger charge is -2.08. The van der Waals surface area contributed by atoms with Crippen molar-refractivity contribution in [1.29, 1.82) is 0 Å². The Balaban J connectivity index is 2.06. The summed E-state index contributed by atoms with van der Waals surface area (Å²) < 4.78 is 1.96. The number of aromatic carboxylic acids is 1. The number of rotatable bonds is 3. The monoisotopic (exact) mass is 340 g/mol. The van der Waals surface area contributed by atoms with Crippen LogP contribution in [-0.2, 0) is 6.54 Å². The highest BCUT2D eigenvalue weighted by Gasteiger charge is 2.16. The number of hydrogen-bond acceptors (Lipinski definition) is 3. The predicted molar refractivity (Wildman–Crippen MR) is 84.9 cm³/mol. The molecule has 1 N–H and O–H groups in total. The minimum Gasteiger partial charge on any atom is -0.477 e. The molecular formula is C14H10Cl2N2O2S. The van der Waals surface area contributed by atoms with E-state index >= 15 is 0 Å². The first kappa shape index (κ1) is 14.4. The van der Waals surface area contributed by atoms with Crippen molar-refractivity contribution >= 4 is 50.9 Å². The number of fused-ring (bicyclic) bond motifs is 1. The van der Waals surface area contributed by atoms with E-state index in [0.29, 0.717) is 22.1 Å². The Morgan fingerprint density at radius 3 is 2.81 bits per heavy atom. The summed E-state index contributed by atoms with van der Waals surface area (Å²) in [6.45, 7) is 2.41. The second-order valence-electron chi connectivity index (χ2n) is 4.59. The molecule has 0 saturated heterocycles. The van der Waals surface area contributed by atoms with Crippen molar-refractivity contribution in [2.45, 2.75) is 13.5 Å². The number of aromatic nitrogens is 2. The Morgan fingerprint density at radius 2 is 2.14 bits per heavy atom. The number of carbonyl (C=O) groups is 1. The number of halogens is 2. The van der Waals surface area contributed by atoms with Crippen molar-refractivity contribution in [3.05, 3.63) is 50.6 Å². The zero-order chi connectivity index (χ0) is 15.1. The largest absolute Gasteiger partial charge is 0.477 e. The number of benzene rings is 1. The number of carboxylic acids is 1. The Bertz CT molecular complexity index is 854. The first-order valence-corrected chi connectivity index (χ1v) is 7.67. The average molecular weight is 341 g/mol. The molecule has 0 aliphatic heterocycles. The van der Waals surface area contributed by atoms with Gasteiger partial charge in [-0.25, -0.2) is 9.78 Å². The summed E-state index contributed by atoms with van der Waals surface area (Å²) in [6.07, 6.45) is 0. The molecule has 4 nitrogen and oxygen atoms in total. The summed E-state index contributed by atoms with van der Waals surface area (Å²) >= 11 is 13.3. The van der Waals surface area contributed by atoms with Gasteiger partial charge in [-0.2, -0.15) is 0 Å². The Kier molecular flexibility index (Phi) is 3.65. The highest BCUT2D eigenvalue weighted by atomic mass is 35.5. The fraction of sp³-hybridized carbons (Fsp3) is 0.143. The lowest BCUT2D eigenvalue weighted by atomic mass is 10.2. The molecule has 0 radical (unpaired) electrons. The second kappa shape index (κ2) is 5.33. The molecule has 7 heteroatoms. The van der Waals surface area contributed by atoms with Gasteiger partial charge in [0.2, 0.25) is 0 Å². The van der Waals surface area contributed by atoms with Gasteiger partial charge in [0.25, 0.3) is 0 Å². The maximum absolute atomic E-state index is 11.1. The van der Waals surface area contributed by atoms with Crippen molar-refractivity contribution in [3.63, 3.8) is 0 Å². The fourth-order valence-electron chi connectivity index (χ4n) is 2.14. The molecule has 0 unspecified atom stereocenters. The molecule has 1 aromatic carbocycles. The van der Waals surface area contributed by atoms with Crippen LogP contribution in [0.4, 0.5) is 0 Å².